The van der Waals surface area contributed by atoms with E-state index in [-0.39, 0.29) is 5.60 Å². The van der Waals surface area contributed by atoms with Gasteiger partial charge in [0.1, 0.15) is 0 Å². The molecule has 0 N–H and O–H groups in total. The number of allylic oxidation sites excluding steroid dienone is 1. The zero-order valence-corrected chi connectivity index (χ0v) is 14.4. The molecule has 3 rings (SSSR count). The molecule has 2 heteroatoms. The summed E-state index contributed by atoms with van der Waals surface area (Å²) >= 11 is 0. The predicted octanol–water partition coefficient (Wildman–Crippen LogP) is 4.73. The zero-order chi connectivity index (χ0) is 15.2. The standard InChI is InChI=1S/C19H32O2/c1-6-8-15-17-14(12(3)4)10-13-11-20-16(9-7-2)18(17)19(13,5)21-15/h13,15-18H,6-11H2,1-5H3. The van der Waals surface area contributed by atoms with E-state index >= 15 is 0 Å². The molecule has 21 heavy (non-hydrogen) atoms. The van der Waals surface area contributed by atoms with Crippen LogP contribution in [0.2, 0.25) is 0 Å². The molecule has 3 fully saturated rings. The molecule has 0 aromatic carbocycles. The molecule has 2 heterocycles. The van der Waals surface area contributed by atoms with Crippen molar-refractivity contribution in [1.29, 1.82) is 0 Å². The highest BCUT2D eigenvalue weighted by Crippen LogP contribution is 2.60. The Kier molecular flexibility index (Phi) is 4.22. The first kappa shape index (κ1) is 15.6. The molecule has 2 nitrogen and oxygen atoms in total. The first-order chi connectivity index (χ1) is 10.0. The third-order valence-electron chi connectivity index (χ3n) is 6.23. The van der Waals surface area contributed by atoms with E-state index in [4.69, 9.17) is 9.47 Å². The van der Waals surface area contributed by atoms with Crippen LogP contribution in [0.15, 0.2) is 11.1 Å². The average Bonchev–Trinajstić information content (AvgIpc) is 2.63. The molecule has 2 aliphatic heterocycles. The van der Waals surface area contributed by atoms with Gasteiger partial charge < -0.3 is 9.47 Å². The Morgan fingerprint density at radius 1 is 1.14 bits per heavy atom. The Morgan fingerprint density at radius 2 is 1.81 bits per heavy atom. The fourth-order valence-electron chi connectivity index (χ4n) is 5.26. The van der Waals surface area contributed by atoms with Crippen LogP contribution in [-0.2, 0) is 9.47 Å². The van der Waals surface area contributed by atoms with Gasteiger partial charge >= 0.3 is 0 Å². The second-order valence-corrected chi connectivity index (χ2v) is 7.77. The van der Waals surface area contributed by atoms with Crippen LogP contribution in [-0.4, -0.2) is 24.4 Å². The van der Waals surface area contributed by atoms with E-state index in [2.05, 4.69) is 34.6 Å². The number of hydrogen-bond acceptors (Lipinski definition) is 2. The zero-order valence-electron chi connectivity index (χ0n) is 14.4. The minimum absolute atomic E-state index is 0.0571. The Bertz CT molecular complexity index is 423. The normalized spacial score (nSPS) is 45.0. The first-order valence-corrected chi connectivity index (χ1v) is 8.98. The van der Waals surface area contributed by atoms with Crippen molar-refractivity contribution in [3.63, 3.8) is 0 Å². The fourth-order valence-corrected chi connectivity index (χ4v) is 5.26. The van der Waals surface area contributed by atoms with Crippen molar-refractivity contribution in [2.24, 2.45) is 17.8 Å². The van der Waals surface area contributed by atoms with Crippen LogP contribution in [0.1, 0.15) is 66.7 Å². The van der Waals surface area contributed by atoms with E-state index in [0.717, 1.165) is 6.61 Å². The molecule has 3 aliphatic rings. The van der Waals surface area contributed by atoms with Crippen LogP contribution in [0.5, 0.6) is 0 Å². The summed E-state index contributed by atoms with van der Waals surface area (Å²) in [5.41, 5.74) is 3.28. The van der Waals surface area contributed by atoms with Crippen molar-refractivity contribution in [3.8, 4) is 0 Å². The molecule has 0 amide bonds. The lowest BCUT2D eigenvalue weighted by atomic mass is 9.59. The van der Waals surface area contributed by atoms with E-state index in [1.54, 1.807) is 5.57 Å². The van der Waals surface area contributed by atoms with E-state index in [0.29, 0.717) is 30.0 Å². The first-order valence-electron chi connectivity index (χ1n) is 8.98. The minimum atomic E-state index is 0.0571. The maximum atomic E-state index is 6.72. The van der Waals surface area contributed by atoms with E-state index in [1.807, 2.05) is 0 Å². The Morgan fingerprint density at radius 3 is 2.43 bits per heavy atom. The van der Waals surface area contributed by atoms with Crippen LogP contribution in [0.4, 0.5) is 0 Å². The summed E-state index contributed by atoms with van der Waals surface area (Å²) in [6.45, 7) is 12.4. The Hall–Kier alpha value is -0.340. The van der Waals surface area contributed by atoms with Crippen LogP contribution in [0.3, 0.4) is 0 Å². The van der Waals surface area contributed by atoms with Gasteiger partial charge in [-0.25, -0.2) is 0 Å². The van der Waals surface area contributed by atoms with Gasteiger partial charge in [0.25, 0.3) is 0 Å². The van der Waals surface area contributed by atoms with E-state index in [9.17, 15) is 0 Å². The van der Waals surface area contributed by atoms with Gasteiger partial charge in [0.05, 0.1) is 24.4 Å². The molecular formula is C19H32O2. The molecule has 2 saturated heterocycles. The van der Waals surface area contributed by atoms with Gasteiger partial charge in [0.15, 0.2) is 0 Å². The van der Waals surface area contributed by atoms with Crippen molar-refractivity contribution >= 4 is 0 Å². The van der Waals surface area contributed by atoms with Gasteiger partial charge in [-0.1, -0.05) is 37.8 Å². The molecular weight excluding hydrogens is 260 g/mol. The van der Waals surface area contributed by atoms with Crippen LogP contribution >= 0.6 is 0 Å². The quantitative estimate of drug-likeness (QED) is 0.697. The number of hydrogen-bond donors (Lipinski definition) is 0. The van der Waals surface area contributed by atoms with Crippen molar-refractivity contribution in [3.05, 3.63) is 11.1 Å². The highest BCUT2D eigenvalue weighted by atomic mass is 16.5. The van der Waals surface area contributed by atoms with Gasteiger partial charge in [-0.05, 0) is 40.0 Å². The fraction of sp³-hybridized carbons (Fsp3) is 0.895. The monoisotopic (exact) mass is 292 g/mol. The molecule has 1 saturated carbocycles. The van der Waals surface area contributed by atoms with Crippen LogP contribution in [0, 0.1) is 17.8 Å². The Balaban J connectivity index is 2.02. The van der Waals surface area contributed by atoms with Gasteiger partial charge in [0, 0.05) is 17.8 Å². The summed E-state index contributed by atoms with van der Waals surface area (Å²) in [5.74, 6) is 1.73. The molecule has 6 unspecified atom stereocenters. The molecule has 0 radical (unpaired) electrons. The molecule has 1 aliphatic carbocycles. The smallest absolute Gasteiger partial charge is 0.0771 e. The summed E-state index contributed by atoms with van der Waals surface area (Å²) in [4.78, 5) is 0. The second-order valence-electron chi connectivity index (χ2n) is 7.77. The van der Waals surface area contributed by atoms with Crippen molar-refractivity contribution in [1.82, 2.24) is 0 Å². The summed E-state index contributed by atoms with van der Waals surface area (Å²) in [5, 5.41) is 0. The minimum Gasteiger partial charge on any atom is -0.377 e. The highest BCUT2D eigenvalue weighted by Gasteiger charge is 2.64. The lowest BCUT2D eigenvalue weighted by Crippen LogP contribution is -2.57. The SMILES string of the molecule is CCCC1OC2(C)C3COC(CCC)C2C1C(=C(C)C)C3. The summed E-state index contributed by atoms with van der Waals surface area (Å²) in [7, 11) is 0. The maximum absolute atomic E-state index is 6.72. The van der Waals surface area contributed by atoms with Crippen molar-refractivity contribution in [2.75, 3.05) is 6.61 Å². The van der Waals surface area contributed by atoms with Gasteiger partial charge in [-0.3, -0.25) is 0 Å². The second kappa shape index (κ2) is 5.70. The number of rotatable bonds is 4. The van der Waals surface area contributed by atoms with Crippen LogP contribution < -0.4 is 0 Å². The van der Waals surface area contributed by atoms with E-state index < -0.39 is 0 Å². The average molecular weight is 292 g/mol. The van der Waals surface area contributed by atoms with Crippen LogP contribution in [0.25, 0.3) is 0 Å². The predicted molar refractivity (Wildman–Crippen MR) is 86.3 cm³/mol. The summed E-state index contributed by atoms with van der Waals surface area (Å²) in [6, 6.07) is 0. The molecule has 120 valence electrons. The summed E-state index contributed by atoms with van der Waals surface area (Å²) in [6.07, 6.45) is 6.81. The third kappa shape index (κ3) is 2.30. The highest BCUT2D eigenvalue weighted by molar-refractivity contribution is 5.28. The molecule has 4 bridgehead atoms. The maximum Gasteiger partial charge on any atom is 0.0771 e. The van der Waals surface area contributed by atoms with Gasteiger partial charge in [0.2, 0.25) is 0 Å². The molecule has 0 aromatic heterocycles. The Labute approximate surface area is 130 Å². The van der Waals surface area contributed by atoms with Gasteiger partial charge in [-0.2, -0.15) is 0 Å². The number of ether oxygens (including phenoxy) is 2. The topological polar surface area (TPSA) is 18.5 Å². The molecule has 0 spiro atoms. The lowest BCUT2D eigenvalue weighted by Gasteiger charge is -2.51. The van der Waals surface area contributed by atoms with E-state index in [1.165, 1.54) is 37.7 Å². The molecule has 0 aromatic rings. The van der Waals surface area contributed by atoms with Crippen molar-refractivity contribution in [2.45, 2.75) is 84.5 Å². The third-order valence-corrected chi connectivity index (χ3v) is 6.23. The van der Waals surface area contributed by atoms with Gasteiger partial charge in [-0.15, -0.1) is 0 Å². The summed E-state index contributed by atoms with van der Waals surface area (Å²) < 4.78 is 13.0. The largest absolute Gasteiger partial charge is 0.377 e. The molecule has 6 atom stereocenters. The lowest BCUT2D eigenvalue weighted by molar-refractivity contribution is -0.182. The van der Waals surface area contributed by atoms with Crippen molar-refractivity contribution < 1.29 is 9.47 Å².